The van der Waals surface area contributed by atoms with Crippen molar-refractivity contribution in [3.05, 3.63) is 65.9 Å². The first kappa shape index (κ1) is 22.3. The van der Waals surface area contributed by atoms with Crippen LogP contribution in [0.15, 0.2) is 59.6 Å². The average molecular weight is 481 g/mol. The first-order chi connectivity index (χ1) is 16.3. The summed E-state index contributed by atoms with van der Waals surface area (Å²) >= 11 is 0. The molecule has 9 nitrogen and oxygen atoms in total. The van der Waals surface area contributed by atoms with Crippen LogP contribution in [0.3, 0.4) is 0 Å². The molecule has 0 radical (unpaired) electrons. The molecule has 0 saturated carbocycles. The third-order valence-electron chi connectivity index (χ3n) is 6.39. The van der Waals surface area contributed by atoms with Crippen LogP contribution in [0.1, 0.15) is 28.8 Å². The third kappa shape index (κ3) is 3.99. The maximum absolute atomic E-state index is 12.9. The molecular weight excluding hydrogens is 456 g/mol. The van der Waals surface area contributed by atoms with E-state index >= 15 is 0 Å². The van der Waals surface area contributed by atoms with Gasteiger partial charge in [0.15, 0.2) is 5.78 Å². The number of fused-ring (bicyclic) bond motifs is 1. The topological polar surface area (TPSA) is 120 Å². The van der Waals surface area contributed by atoms with Crippen molar-refractivity contribution < 1.29 is 22.8 Å². The highest BCUT2D eigenvalue weighted by atomic mass is 32.2. The van der Waals surface area contributed by atoms with E-state index in [9.17, 15) is 22.8 Å². The van der Waals surface area contributed by atoms with Gasteiger partial charge in [-0.2, -0.15) is 4.31 Å². The van der Waals surface area contributed by atoms with E-state index in [1.54, 1.807) is 0 Å². The molecule has 2 aromatic carbocycles. The van der Waals surface area contributed by atoms with Crippen LogP contribution >= 0.6 is 0 Å². The molecule has 0 spiro atoms. The Morgan fingerprint density at radius 2 is 1.71 bits per heavy atom. The maximum Gasteiger partial charge on any atom is 0.325 e. The summed E-state index contributed by atoms with van der Waals surface area (Å²) in [5.74, 6) is -0.904. The minimum atomic E-state index is -3.58. The van der Waals surface area contributed by atoms with Crippen molar-refractivity contribution in [1.82, 2.24) is 19.5 Å². The largest absolute Gasteiger partial charge is 0.361 e. The van der Waals surface area contributed by atoms with Crippen LogP contribution in [-0.2, 0) is 21.2 Å². The van der Waals surface area contributed by atoms with Crippen LogP contribution in [0.4, 0.5) is 4.79 Å². The van der Waals surface area contributed by atoms with E-state index in [4.69, 9.17) is 0 Å². The van der Waals surface area contributed by atoms with Gasteiger partial charge in [0, 0.05) is 42.2 Å². The zero-order valence-electron chi connectivity index (χ0n) is 18.4. The van der Waals surface area contributed by atoms with Crippen molar-refractivity contribution in [2.45, 2.75) is 30.2 Å². The normalized spacial score (nSPS) is 19.2. The van der Waals surface area contributed by atoms with E-state index < -0.39 is 40.3 Å². The number of para-hydroxylation sites is 1. The Labute approximate surface area is 196 Å². The first-order valence-electron chi connectivity index (χ1n) is 11.1. The number of rotatable bonds is 7. The lowest BCUT2D eigenvalue weighted by atomic mass is 10.0. The van der Waals surface area contributed by atoms with Gasteiger partial charge in [-0.15, -0.1) is 0 Å². The number of nitrogens with one attached hydrogen (secondary N) is 2. The Bertz CT molecular complexity index is 1370. The zero-order valence-corrected chi connectivity index (χ0v) is 19.2. The number of hydrogen-bond donors (Lipinski definition) is 2. The van der Waals surface area contributed by atoms with Gasteiger partial charge in [-0.1, -0.05) is 18.2 Å². The van der Waals surface area contributed by atoms with Gasteiger partial charge in [-0.05, 0) is 48.7 Å². The smallest absolute Gasteiger partial charge is 0.325 e. The summed E-state index contributed by atoms with van der Waals surface area (Å²) in [6.45, 7) is 0.580. The molecule has 5 rings (SSSR count). The number of carbonyl (C=O) groups excluding carboxylic acids is 3. The maximum atomic E-state index is 12.9. The number of hydrogen-bond acceptors (Lipinski definition) is 5. The standard InChI is InChI=1S/C24H24N4O5S/c29-22(16-7-9-18(10-8-16)34(32,33)27-11-3-4-12-27)15-28-23(30)21(26-24(28)31)13-17-14-25-20-6-2-1-5-19(17)20/h1-2,5-10,14,21,25H,3-4,11-13,15H2,(H,26,31). The highest BCUT2D eigenvalue weighted by Gasteiger charge is 2.39. The quantitative estimate of drug-likeness (QED) is 0.397. The molecule has 3 aromatic rings. The summed E-state index contributed by atoms with van der Waals surface area (Å²) < 4.78 is 26.8. The van der Waals surface area contributed by atoms with Gasteiger partial charge in [-0.25, -0.2) is 13.2 Å². The Hall–Kier alpha value is -3.50. The van der Waals surface area contributed by atoms with Crippen molar-refractivity contribution >= 4 is 38.6 Å². The Kier molecular flexibility index (Phi) is 5.70. The van der Waals surface area contributed by atoms with Gasteiger partial charge in [0.2, 0.25) is 10.0 Å². The van der Waals surface area contributed by atoms with Gasteiger partial charge in [0.05, 0.1) is 11.4 Å². The number of urea groups is 1. The zero-order chi connectivity index (χ0) is 23.9. The molecule has 2 fully saturated rings. The number of sulfonamides is 1. The van der Waals surface area contributed by atoms with Crippen LogP contribution in [0, 0.1) is 0 Å². The number of carbonyl (C=O) groups is 3. The number of Topliss-reactive ketones (excluding diaryl/α,β-unsaturated/α-hetero) is 1. The second-order valence-electron chi connectivity index (χ2n) is 8.55. The minimum Gasteiger partial charge on any atom is -0.361 e. The van der Waals surface area contributed by atoms with Gasteiger partial charge in [0.25, 0.3) is 5.91 Å². The molecular formula is C24H24N4O5S. The van der Waals surface area contributed by atoms with Gasteiger partial charge < -0.3 is 10.3 Å². The molecule has 3 amide bonds. The molecule has 0 aliphatic carbocycles. The predicted molar refractivity (Wildman–Crippen MR) is 125 cm³/mol. The molecule has 2 N–H and O–H groups in total. The monoisotopic (exact) mass is 480 g/mol. The summed E-state index contributed by atoms with van der Waals surface area (Å²) in [5, 5.41) is 3.64. The number of aromatic nitrogens is 1. The van der Waals surface area contributed by atoms with E-state index in [1.165, 1.54) is 28.6 Å². The Morgan fingerprint density at radius 1 is 1.00 bits per heavy atom. The fraction of sp³-hybridized carbons (Fsp3) is 0.292. The van der Waals surface area contributed by atoms with Crippen LogP contribution < -0.4 is 5.32 Å². The second kappa shape index (κ2) is 8.69. The molecule has 34 heavy (non-hydrogen) atoms. The number of H-pyrrole nitrogens is 1. The van der Waals surface area contributed by atoms with Crippen LogP contribution in [0.25, 0.3) is 10.9 Å². The fourth-order valence-corrected chi connectivity index (χ4v) is 6.03. The molecule has 3 heterocycles. The van der Waals surface area contributed by atoms with Crippen LogP contribution in [0.5, 0.6) is 0 Å². The molecule has 2 saturated heterocycles. The van der Waals surface area contributed by atoms with Gasteiger partial charge >= 0.3 is 6.03 Å². The molecule has 10 heteroatoms. The van der Waals surface area contributed by atoms with Crippen molar-refractivity contribution in [3.63, 3.8) is 0 Å². The minimum absolute atomic E-state index is 0.125. The lowest BCUT2D eigenvalue weighted by Gasteiger charge is -2.16. The Morgan fingerprint density at radius 3 is 2.44 bits per heavy atom. The second-order valence-corrected chi connectivity index (χ2v) is 10.5. The van der Waals surface area contributed by atoms with E-state index in [0.717, 1.165) is 34.2 Å². The Balaban J connectivity index is 1.26. The number of ketones is 1. The van der Waals surface area contributed by atoms with Crippen molar-refractivity contribution in [1.29, 1.82) is 0 Å². The predicted octanol–water partition coefficient (Wildman–Crippen LogP) is 2.30. The number of nitrogens with zero attached hydrogens (tertiary/aromatic N) is 2. The van der Waals surface area contributed by atoms with E-state index in [-0.39, 0.29) is 10.5 Å². The van der Waals surface area contributed by atoms with E-state index in [1.807, 2.05) is 30.5 Å². The van der Waals surface area contributed by atoms with E-state index in [0.29, 0.717) is 19.5 Å². The third-order valence-corrected chi connectivity index (χ3v) is 8.30. The highest BCUT2D eigenvalue weighted by Crippen LogP contribution is 2.23. The molecule has 176 valence electrons. The van der Waals surface area contributed by atoms with Crippen molar-refractivity contribution in [3.8, 4) is 0 Å². The van der Waals surface area contributed by atoms with Crippen molar-refractivity contribution in [2.24, 2.45) is 0 Å². The van der Waals surface area contributed by atoms with E-state index in [2.05, 4.69) is 10.3 Å². The molecule has 1 unspecified atom stereocenters. The number of benzene rings is 2. The first-order valence-corrected chi connectivity index (χ1v) is 12.6. The summed E-state index contributed by atoms with van der Waals surface area (Å²) in [6.07, 6.45) is 3.80. The lowest BCUT2D eigenvalue weighted by molar-refractivity contribution is -0.127. The van der Waals surface area contributed by atoms with Crippen LogP contribution in [0.2, 0.25) is 0 Å². The lowest BCUT2D eigenvalue weighted by Crippen LogP contribution is -2.36. The number of aromatic amines is 1. The number of amides is 3. The average Bonchev–Trinajstić information content (AvgIpc) is 3.57. The molecule has 1 aromatic heterocycles. The summed E-state index contributed by atoms with van der Waals surface area (Å²) in [7, 11) is -3.58. The summed E-state index contributed by atoms with van der Waals surface area (Å²) in [5.41, 5.74) is 2.08. The fourth-order valence-electron chi connectivity index (χ4n) is 4.51. The van der Waals surface area contributed by atoms with Crippen LogP contribution in [-0.4, -0.2) is 66.0 Å². The molecule has 2 aliphatic rings. The number of imide groups is 1. The molecule has 2 aliphatic heterocycles. The molecule has 1 atom stereocenters. The summed E-state index contributed by atoms with van der Waals surface area (Å²) in [4.78, 5) is 42.3. The molecule has 0 bridgehead atoms. The van der Waals surface area contributed by atoms with Gasteiger partial charge in [0.1, 0.15) is 6.04 Å². The van der Waals surface area contributed by atoms with Gasteiger partial charge in [-0.3, -0.25) is 14.5 Å². The van der Waals surface area contributed by atoms with Crippen molar-refractivity contribution in [2.75, 3.05) is 19.6 Å². The summed E-state index contributed by atoms with van der Waals surface area (Å²) in [6, 6.07) is 12.0. The SMILES string of the molecule is O=C(CN1C(=O)NC(Cc2c[nH]c3ccccc23)C1=O)c1ccc(S(=O)(=O)N2CCCC2)cc1. The highest BCUT2D eigenvalue weighted by molar-refractivity contribution is 7.89.